The maximum Gasteiger partial charge on any atom is 0.356 e. The largest absolute Gasteiger partial charge is 0.497 e. The summed E-state index contributed by atoms with van der Waals surface area (Å²) in [6.45, 7) is 9.50. The molecule has 3 rings (SSSR count). The lowest BCUT2D eigenvalue weighted by Gasteiger charge is -2.15. The van der Waals surface area contributed by atoms with Crippen molar-refractivity contribution in [3.63, 3.8) is 0 Å². The molecule has 6 nitrogen and oxygen atoms in total. The second-order valence-electron chi connectivity index (χ2n) is 6.88. The molecule has 3 N–H and O–H groups in total. The molecular formula is C22H32N4O2+2. The average Bonchev–Trinajstić information content (AvgIpc) is 3.10. The Labute approximate surface area is 167 Å². The van der Waals surface area contributed by atoms with Crippen molar-refractivity contribution in [2.45, 2.75) is 26.9 Å². The van der Waals surface area contributed by atoms with Gasteiger partial charge >= 0.3 is 5.95 Å². The van der Waals surface area contributed by atoms with E-state index in [9.17, 15) is 0 Å². The van der Waals surface area contributed by atoms with Crippen LogP contribution in [0.4, 0.5) is 5.95 Å². The summed E-state index contributed by atoms with van der Waals surface area (Å²) in [4.78, 5) is 5.13. The molecule has 0 aliphatic rings. The van der Waals surface area contributed by atoms with Crippen LogP contribution in [0, 0.1) is 0 Å². The Hall–Kier alpha value is -2.73. The lowest BCUT2D eigenvalue weighted by atomic mass is 10.2. The van der Waals surface area contributed by atoms with Gasteiger partial charge in [0, 0.05) is 11.6 Å². The zero-order valence-corrected chi connectivity index (χ0v) is 17.3. The van der Waals surface area contributed by atoms with Crippen LogP contribution in [-0.2, 0) is 13.1 Å². The van der Waals surface area contributed by atoms with E-state index in [0.29, 0.717) is 6.54 Å². The van der Waals surface area contributed by atoms with Gasteiger partial charge in [-0.3, -0.25) is 5.32 Å². The van der Waals surface area contributed by atoms with Gasteiger partial charge in [-0.2, -0.15) is 0 Å². The van der Waals surface area contributed by atoms with E-state index in [-0.39, 0.29) is 0 Å². The first-order valence-electron chi connectivity index (χ1n) is 9.99. The number of anilines is 1. The monoisotopic (exact) mass is 384 g/mol. The molecule has 2 aromatic carbocycles. The van der Waals surface area contributed by atoms with E-state index in [1.807, 2.05) is 18.2 Å². The Bertz CT molecular complexity index is 903. The minimum atomic E-state index is 0.665. The Morgan fingerprint density at radius 3 is 2.54 bits per heavy atom. The number of H-pyrrole nitrogens is 1. The Morgan fingerprint density at radius 2 is 1.82 bits per heavy atom. The van der Waals surface area contributed by atoms with E-state index < -0.39 is 0 Å². The average molecular weight is 385 g/mol. The molecule has 150 valence electrons. The molecule has 3 aromatic rings. The maximum absolute atomic E-state index is 5.53. The van der Waals surface area contributed by atoms with Crippen molar-refractivity contribution >= 4 is 17.0 Å². The smallest absolute Gasteiger partial charge is 0.356 e. The van der Waals surface area contributed by atoms with Gasteiger partial charge in [-0.05, 0) is 38.1 Å². The number of methoxy groups -OCH3 is 2. The molecule has 0 radical (unpaired) electrons. The van der Waals surface area contributed by atoms with Gasteiger partial charge in [0.25, 0.3) is 0 Å². The van der Waals surface area contributed by atoms with Crippen molar-refractivity contribution in [2.24, 2.45) is 0 Å². The number of nitrogens with zero attached hydrogens (tertiary/aromatic N) is 1. The minimum absolute atomic E-state index is 0.665. The molecule has 0 aliphatic carbocycles. The third kappa shape index (κ3) is 4.39. The summed E-state index contributed by atoms with van der Waals surface area (Å²) < 4.78 is 13.2. The van der Waals surface area contributed by atoms with Crippen LogP contribution in [0.2, 0.25) is 0 Å². The van der Waals surface area contributed by atoms with Crippen molar-refractivity contribution < 1.29 is 18.9 Å². The van der Waals surface area contributed by atoms with Crippen molar-refractivity contribution in [3.8, 4) is 11.5 Å². The van der Waals surface area contributed by atoms with E-state index in [0.717, 1.165) is 54.7 Å². The van der Waals surface area contributed by atoms with Gasteiger partial charge in [-0.1, -0.05) is 12.1 Å². The molecule has 6 heteroatoms. The molecule has 0 atom stereocenters. The topological polar surface area (TPSA) is 54.6 Å². The number of aromatic nitrogens is 2. The van der Waals surface area contributed by atoms with E-state index in [4.69, 9.17) is 9.47 Å². The number of hydrogen-bond donors (Lipinski definition) is 3. The first kappa shape index (κ1) is 20.0. The summed E-state index contributed by atoms with van der Waals surface area (Å²) in [5.74, 6) is 2.64. The Morgan fingerprint density at radius 1 is 1.04 bits per heavy atom. The lowest BCUT2D eigenvalue weighted by Crippen LogP contribution is -3.12. The number of benzene rings is 2. The summed E-state index contributed by atoms with van der Waals surface area (Å²) in [6.07, 6.45) is 0. The predicted molar refractivity (Wildman–Crippen MR) is 112 cm³/mol. The minimum Gasteiger partial charge on any atom is -0.497 e. The van der Waals surface area contributed by atoms with E-state index in [1.165, 1.54) is 5.52 Å². The number of para-hydroxylation sites is 2. The van der Waals surface area contributed by atoms with Crippen LogP contribution >= 0.6 is 0 Å². The van der Waals surface area contributed by atoms with Gasteiger partial charge in [-0.15, -0.1) is 0 Å². The summed E-state index contributed by atoms with van der Waals surface area (Å²) in [5.41, 5.74) is 3.45. The fourth-order valence-corrected chi connectivity index (χ4v) is 3.55. The molecule has 0 amide bonds. The standard InChI is InChI=1S/C22H30N4O2/c1-5-25(6-2)13-14-26-20-10-8-7-9-19(20)24-22(26)23-16-17-11-12-18(27-3)15-21(17)28-4/h7-12,15H,5-6,13-14,16H2,1-4H3,(H,23,24)/p+2. The number of fused-ring (bicyclic) bond motifs is 1. The van der Waals surface area contributed by atoms with Crippen LogP contribution in [0.15, 0.2) is 42.5 Å². The molecule has 0 unspecified atom stereocenters. The quantitative estimate of drug-likeness (QED) is 0.469. The van der Waals surface area contributed by atoms with Crippen molar-refractivity contribution in [1.29, 1.82) is 0 Å². The van der Waals surface area contributed by atoms with Gasteiger partial charge in [0.15, 0.2) is 0 Å². The molecular weight excluding hydrogens is 352 g/mol. The highest BCUT2D eigenvalue weighted by molar-refractivity contribution is 5.72. The van der Waals surface area contributed by atoms with Crippen LogP contribution in [0.25, 0.3) is 11.0 Å². The highest BCUT2D eigenvalue weighted by Crippen LogP contribution is 2.25. The molecule has 0 saturated carbocycles. The normalized spacial score (nSPS) is 11.2. The second-order valence-corrected chi connectivity index (χ2v) is 6.88. The Kier molecular flexibility index (Phi) is 6.76. The molecule has 0 bridgehead atoms. The van der Waals surface area contributed by atoms with Gasteiger partial charge in [0.1, 0.15) is 35.6 Å². The fraction of sp³-hybridized carbons (Fsp3) is 0.409. The number of ether oxygens (including phenoxy) is 2. The van der Waals surface area contributed by atoms with Crippen molar-refractivity contribution in [2.75, 3.05) is 39.2 Å². The lowest BCUT2D eigenvalue weighted by molar-refractivity contribution is -0.913. The number of quaternary nitrogens is 1. The van der Waals surface area contributed by atoms with Gasteiger partial charge in [0.2, 0.25) is 0 Å². The van der Waals surface area contributed by atoms with Gasteiger partial charge in [0.05, 0.1) is 33.9 Å². The Balaban J connectivity index is 1.83. The predicted octanol–water partition coefficient (Wildman–Crippen LogP) is 2.01. The number of aromatic amines is 1. The van der Waals surface area contributed by atoms with Crippen LogP contribution in [-0.4, -0.2) is 38.8 Å². The molecule has 1 heterocycles. The summed E-state index contributed by atoms with van der Waals surface area (Å²) in [6, 6.07) is 14.4. The molecule has 0 spiro atoms. The van der Waals surface area contributed by atoms with E-state index in [1.54, 1.807) is 19.1 Å². The first-order chi connectivity index (χ1) is 13.7. The fourth-order valence-electron chi connectivity index (χ4n) is 3.55. The van der Waals surface area contributed by atoms with Crippen LogP contribution in [0.5, 0.6) is 11.5 Å². The number of likely N-dealkylation sites (N-methyl/N-ethyl adjacent to an activating group) is 1. The van der Waals surface area contributed by atoms with Gasteiger partial charge in [-0.25, -0.2) is 9.55 Å². The zero-order valence-electron chi connectivity index (χ0n) is 17.3. The number of rotatable bonds is 10. The zero-order chi connectivity index (χ0) is 19.9. The van der Waals surface area contributed by atoms with E-state index in [2.05, 4.69) is 53.0 Å². The number of nitrogens with one attached hydrogen (secondary N) is 3. The van der Waals surface area contributed by atoms with Crippen LogP contribution in [0.1, 0.15) is 19.4 Å². The van der Waals surface area contributed by atoms with Crippen molar-refractivity contribution in [3.05, 3.63) is 48.0 Å². The molecule has 28 heavy (non-hydrogen) atoms. The maximum atomic E-state index is 5.53. The van der Waals surface area contributed by atoms with E-state index >= 15 is 0 Å². The summed E-state index contributed by atoms with van der Waals surface area (Å²) >= 11 is 0. The highest BCUT2D eigenvalue weighted by Gasteiger charge is 2.19. The SMILES string of the molecule is CC[NH+](CC)CC[n+]1c(NCc2ccc(OC)cc2OC)[nH]c2ccccc21. The number of imidazole rings is 1. The molecule has 0 aliphatic heterocycles. The molecule has 1 aromatic heterocycles. The summed E-state index contributed by atoms with van der Waals surface area (Å²) in [5, 5.41) is 3.57. The summed E-state index contributed by atoms with van der Waals surface area (Å²) in [7, 11) is 3.35. The molecule has 0 fully saturated rings. The third-order valence-electron chi connectivity index (χ3n) is 5.35. The highest BCUT2D eigenvalue weighted by atomic mass is 16.5. The molecule has 0 saturated heterocycles. The van der Waals surface area contributed by atoms with Crippen molar-refractivity contribution in [1.82, 2.24) is 4.98 Å². The van der Waals surface area contributed by atoms with Gasteiger partial charge < -0.3 is 14.4 Å². The second kappa shape index (κ2) is 9.46. The first-order valence-corrected chi connectivity index (χ1v) is 9.99. The number of hydrogen-bond acceptors (Lipinski definition) is 3. The third-order valence-corrected chi connectivity index (χ3v) is 5.35. The van der Waals surface area contributed by atoms with Crippen LogP contribution in [0.3, 0.4) is 0 Å². The van der Waals surface area contributed by atoms with Crippen LogP contribution < -0.4 is 24.3 Å².